The van der Waals surface area contributed by atoms with E-state index in [2.05, 4.69) is 12.0 Å². The SMILES string of the molecule is CCCc1c(-c2ccoc2)nn(C)c1N. The van der Waals surface area contributed by atoms with Gasteiger partial charge in [-0.1, -0.05) is 13.3 Å². The molecule has 2 aromatic rings. The number of nitrogen functional groups attached to an aromatic ring is 1. The summed E-state index contributed by atoms with van der Waals surface area (Å²) in [6.07, 6.45) is 5.35. The Labute approximate surface area is 88.7 Å². The molecule has 0 bridgehead atoms. The molecule has 0 atom stereocenters. The molecular formula is C11H15N3O. The summed E-state index contributed by atoms with van der Waals surface area (Å²) in [6.45, 7) is 2.13. The molecule has 4 nitrogen and oxygen atoms in total. The lowest BCUT2D eigenvalue weighted by atomic mass is 10.1. The first-order valence-electron chi connectivity index (χ1n) is 5.08. The predicted octanol–water partition coefficient (Wildman–Crippen LogP) is 2.21. The number of anilines is 1. The molecule has 0 saturated heterocycles. The minimum atomic E-state index is 0.744. The molecule has 0 amide bonds. The second kappa shape index (κ2) is 3.81. The summed E-state index contributed by atoms with van der Waals surface area (Å²) in [5.41, 5.74) is 9.01. The number of rotatable bonds is 3. The Bertz CT molecular complexity index is 443. The van der Waals surface area contributed by atoms with Crippen LogP contribution in [0.1, 0.15) is 18.9 Å². The van der Waals surface area contributed by atoms with Crippen molar-refractivity contribution in [2.45, 2.75) is 19.8 Å². The van der Waals surface area contributed by atoms with E-state index in [4.69, 9.17) is 10.2 Å². The van der Waals surface area contributed by atoms with Crippen molar-refractivity contribution in [2.75, 3.05) is 5.73 Å². The van der Waals surface area contributed by atoms with Crippen molar-refractivity contribution in [3.05, 3.63) is 24.2 Å². The van der Waals surface area contributed by atoms with E-state index in [1.807, 2.05) is 13.1 Å². The third kappa shape index (κ3) is 1.63. The molecular weight excluding hydrogens is 190 g/mol. The summed E-state index contributed by atoms with van der Waals surface area (Å²) in [5, 5.41) is 4.40. The van der Waals surface area contributed by atoms with Gasteiger partial charge in [-0.2, -0.15) is 5.10 Å². The molecule has 0 aliphatic carbocycles. The van der Waals surface area contributed by atoms with E-state index in [-0.39, 0.29) is 0 Å². The van der Waals surface area contributed by atoms with Gasteiger partial charge in [0.25, 0.3) is 0 Å². The van der Waals surface area contributed by atoms with Crippen LogP contribution in [-0.4, -0.2) is 9.78 Å². The van der Waals surface area contributed by atoms with Crippen LogP contribution in [0.4, 0.5) is 5.82 Å². The van der Waals surface area contributed by atoms with Gasteiger partial charge in [0.2, 0.25) is 0 Å². The molecule has 2 aromatic heterocycles. The smallest absolute Gasteiger partial charge is 0.125 e. The Balaban J connectivity index is 2.51. The van der Waals surface area contributed by atoms with Crippen molar-refractivity contribution >= 4 is 5.82 Å². The Hall–Kier alpha value is -1.71. The average Bonchev–Trinajstić information content (AvgIpc) is 2.81. The number of aromatic nitrogens is 2. The molecule has 0 aliphatic heterocycles. The zero-order valence-electron chi connectivity index (χ0n) is 9.03. The average molecular weight is 205 g/mol. The van der Waals surface area contributed by atoms with Crippen molar-refractivity contribution in [1.29, 1.82) is 0 Å². The van der Waals surface area contributed by atoms with E-state index in [0.717, 1.165) is 35.5 Å². The van der Waals surface area contributed by atoms with Crippen molar-refractivity contribution in [3.8, 4) is 11.3 Å². The summed E-state index contributed by atoms with van der Waals surface area (Å²) < 4.78 is 6.78. The van der Waals surface area contributed by atoms with Crippen LogP contribution in [-0.2, 0) is 13.5 Å². The molecule has 0 unspecified atom stereocenters. The van der Waals surface area contributed by atoms with Crippen molar-refractivity contribution in [1.82, 2.24) is 9.78 Å². The summed E-state index contributed by atoms with van der Waals surface area (Å²) >= 11 is 0. The lowest BCUT2D eigenvalue weighted by Gasteiger charge is -1.99. The van der Waals surface area contributed by atoms with Crippen LogP contribution in [0, 0.1) is 0 Å². The molecule has 80 valence electrons. The van der Waals surface area contributed by atoms with E-state index in [1.165, 1.54) is 0 Å². The molecule has 0 aromatic carbocycles. The Morgan fingerprint density at radius 3 is 2.93 bits per heavy atom. The highest BCUT2D eigenvalue weighted by atomic mass is 16.3. The largest absolute Gasteiger partial charge is 0.472 e. The van der Waals surface area contributed by atoms with Crippen molar-refractivity contribution < 1.29 is 4.42 Å². The molecule has 4 heteroatoms. The third-order valence-electron chi connectivity index (χ3n) is 2.49. The summed E-state index contributed by atoms with van der Waals surface area (Å²) in [4.78, 5) is 0. The van der Waals surface area contributed by atoms with Crippen LogP contribution in [0.3, 0.4) is 0 Å². The monoisotopic (exact) mass is 205 g/mol. The van der Waals surface area contributed by atoms with E-state index in [1.54, 1.807) is 17.2 Å². The normalized spacial score (nSPS) is 10.8. The highest BCUT2D eigenvalue weighted by molar-refractivity contribution is 5.67. The first kappa shape index (κ1) is 9.83. The highest BCUT2D eigenvalue weighted by Crippen LogP contribution is 2.27. The lowest BCUT2D eigenvalue weighted by Crippen LogP contribution is -1.99. The van der Waals surface area contributed by atoms with Gasteiger partial charge < -0.3 is 10.2 Å². The number of furan rings is 1. The van der Waals surface area contributed by atoms with Gasteiger partial charge in [0.05, 0.1) is 12.5 Å². The first-order valence-corrected chi connectivity index (χ1v) is 5.08. The van der Waals surface area contributed by atoms with Gasteiger partial charge in [-0.3, -0.25) is 4.68 Å². The number of nitrogens with two attached hydrogens (primary N) is 1. The van der Waals surface area contributed by atoms with Gasteiger partial charge >= 0.3 is 0 Å². The summed E-state index contributed by atoms with van der Waals surface area (Å²) in [5.74, 6) is 0.744. The number of aryl methyl sites for hydroxylation is 1. The topological polar surface area (TPSA) is 57.0 Å². The molecule has 0 spiro atoms. The zero-order chi connectivity index (χ0) is 10.8. The van der Waals surface area contributed by atoms with Gasteiger partial charge in [-0.05, 0) is 12.5 Å². The Morgan fingerprint density at radius 1 is 1.53 bits per heavy atom. The second-order valence-corrected chi connectivity index (χ2v) is 3.60. The van der Waals surface area contributed by atoms with E-state index < -0.39 is 0 Å². The number of hydrogen-bond acceptors (Lipinski definition) is 3. The molecule has 2 rings (SSSR count). The molecule has 0 saturated carbocycles. The van der Waals surface area contributed by atoms with Crippen molar-refractivity contribution in [2.24, 2.45) is 7.05 Å². The van der Waals surface area contributed by atoms with Crippen LogP contribution >= 0.6 is 0 Å². The standard InChI is InChI=1S/C11H15N3O/c1-3-4-9-10(8-5-6-15-7-8)13-14(2)11(9)12/h5-7H,3-4,12H2,1-2H3. The number of nitrogens with zero attached hydrogens (tertiary/aromatic N) is 2. The molecule has 2 N–H and O–H groups in total. The van der Waals surface area contributed by atoms with E-state index in [0.29, 0.717) is 0 Å². The predicted molar refractivity (Wildman–Crippen MR) is 59.3 cm³/mol. The zero-order valence-corrected chi connectivity index (χ0v) is 9.03. The third-order valence-corrected chi connectivity index (χ3v) is 2.49. The van der Waals surface area contributed by atoms with Gasteiger partial charge in [-0.25, -0.2) is 0 Å². The highest BCUT2D eigenvalue weighted by Gasteiger charge is 2.15. The van der Waals surface area contributed by atoms with Gasteiger partial charge in [-0.15, -0.1) is 0 Å². The Morgan fingerprint density at radius 2 is 2.33 bits per heavy atom. The van der Waals surface area contributed by atoms with Crippen LogP contribution < -0.4 is 5.73 Å². The maximum Gasteiger partial charge on any atom is 0.125 e. The van der Waals surface area contributed by atoms with Crippen LogP contribution in [0.15, 0.2) is 23.0 Å². The second-order valence-electron chi connectivity index (χ2n) is 3.60. The van der Waals surface area contributed by atoms with Crippen LogP contribution in [0.5, 0.6) is 0 Å². The number of hydrogen-bond donors (Lipinski definition) is 1. The first-order chi connectivity index (χ1) is 7.24. The van der Waals surface area contributed by atoms with Gasteiger partial charge in [0.1, 0.15) is 11.5 Å². The molecule has 0 aliphatic rings. The summed E-state index contributed by atoms with van der Waals surface area (Å²) in [6, 6.07) is 1.90. The van der Waals surface area contributed by atoms with Gasteiger partial charge in [0, 0.05) is 18.2 Å². The maximum absolute atomic E-state index is 5.97. The van der Waals surface area contributed by atoms with Crippen LogP contribution in [0.2, 0.25) is 0 Å². The lowest BCUT2D eigenvalue weighted by molar-refractivity contribution is 0.568. The maximum atomic E-state index is 5.97. The van der Waals surface area contributed by atoms with E-state index >= 15 is 0 Å². The minimum Gasteiger partial charge on any atom is -0.472 e. The molecule has 0 fully saturated rings. The van der Waals surface area contributed by atoms with E-state index in [9.17, 15) is 0 Å². The molecule has 0 radical (unpaired) electrons. The van der Waals surface area contributed by atoms with Gasteiger partial charge in [0.15, 0.2) is 0 Å². The summed E-state index contributed by atoms with van der Waals surface area (Å²) in [7, 11) is 1.86. The van der Waals surface area contributed by atoms with Crippen LogP contribution in [0.25, 0.3) is 11.3 Å². The quantitative estimate of drug-likeness (QED) is 0.835. The molecule has 15 heavy (non-hydrogen) atoms. The fourth-order valence-electron chi connectivity index (χ4n) is 1.71. The fraction of sp³-hybridized carbons (Fsp3) is 0.364. The fourth-order valence-corrected chi connectivity index (χ4v) is 1.71. The Kier molecular flexibility index (Phi) is 2.49. The minimum absolute atomic E-state index is 0.744. The molecule has 2 heterocycles. The van der Waals surface area contributed by atoms with Crippen molar-refractivity contribution in [3.63, 3.8) is 0 Å².